The molecule has 0 radical (unpaired) electrons. The highest BCUT2D eigenvalue weighted by Gasteiger charge is 2.21. The lowest BCUT2D eigenvalue weighted by Crippen LogP contribution is -2.31. The van der Waals surface area contributed by atoms with Gasteiger partial charge in [0.05, 0.1) is 6.42 Å². The zero-order valence-electron chi connectivity index (χ0n) is 7.03. The number of amides is 1. The van der Waals surface area contributed by atoms with Crippen LogP contribution >= 0.6 is 0 Å². The number of nitrogens with zero attached hydrogens (tertiary/aromatic N) is 2. The molecule has 6 heteroatoms. The third-order valence-corrected chi connectivity index (χ3v) is 1.54. The summed E-state index contributed by atoms with van der Waals surface area (Å²) in [6.45, 7) is 0. The zero-order valence-corrected chi connectivity index (χ0v) is 7.03. The lowest BCUT2D eigenvalue weighted by Gasteiger charge is -2.09. The van der Waals surface area contributed by atoms with Gasteiger partial charge in [-0.2, -0.15) is 0 Å². The molecule has 1 aromatic rings. The molecule has 0 atom stereocenters. The van der Waals surface area contributed by atoms with Gasteiger partial charge in [-0.3, -0.25) is 4.79 Å². The Morgan fingerprint density at radius 1 is 1.14 bits per heavy atom. The molecule has 14 heavy (non-hydrogen) atoms. The van der Waals surface area contributed by atoms with Crippen LogP contribution in [0, 0.1) is 0 Å². The van der Waals surface area contributed by atoms with Crippen molar-refractivity contribution in [2.75, 3.05) is 0 Å². The number of carbonyl (C=O) groups is 1. The molecule has 0 aliphatic rings. The predicted octanol–water partition coefficient (Wildman–Crippen LogP) is 1.93. The number of carbonyl (C=O) groups excluding carboxylic acids is 1. The highest BCUT2D eigenvalue weighted by Crippen LogP contribution is 2.06. The second kappa shape index (κ2) is 4.61. The minimum Gasteiger partial charge on any atom is -0.270 e. The van der Waals surface area contributed by atoms with Crippen LogP contribution in [-0.4, -0.2) is 16.6 Å². The molecule has 0 fully saturated rings. The van der Waals surface area contributed by atoms with Crippen LogP contribution < -0.4 is 0 Å². The summed E-state index contributed by atoms with van der Waals surface area (Å²) in [5.74, 6) is -1.32. The van der Waals surface area contributed by atoms with Crippen molar-refractivity contribution < 1.29 is 18.2 Å². The summed E-state index contributed by atoms with van der Waals surface area (Å²) in [7, 11) is 0. The largest absolute Gasteiger partial charge is 0.276 e. The molecule has 1 rings (SSSR count). The van der Waals surface area contributed by atoms with Crippen LogP contribution in [0.1, 0.15) is 5.56 Å². The summed E-state index contributed by atoms with van der Waals surface area (Å²) in [6, 6.07) is 8.07. The van der Waals surface area contributed by atoms with Crippen LogP contribution in [-0.2, 0) is 11.2 Å². The van der Waals surface area contributed by atoms with Gasteiger partial charge in [-0.1, -0.05) is 43.8 Å². The summed E-state index contributed by atoms with van der Waals surface area (Å²) in [4.78, 5) is 10.8. The van der Waals surface area contributed by atoms with Gasteiger partial charge < -0.3 is 0 Å². The monoisotopic (exact) mass is 204 g/mol. The van der Waals surface area contributed by atoms with E-state index in [4.69, 9.17) is 0 Å². The maximum Gasteiger partial charge on any atom is 0.276 e. The average molecular weight is 204 g/mol. The molecular weight excluding hydrogens is 197 g/mol. The van der Waals surface area contributed by atoms with Gasteiger partial charge in [0.15, 0.2) is 5.45 Å². The van der Waals surface area contributed by atoms with Crippen LogP contribution in [0.15, 0.2) is 30.3 Å². The molecule has 0 aromatic heterocycles. The molecule has 76 valence electrons. The van der Waals surface area contributed by atoms with Crippen LogP contribution in [0.3, 0.4) is 0 Å². The Morgan fingerprint density at radius 2 is 1.71 bits per heavy atom. The molecule has 3 nitrogen and oxygen atoms in total. The van der Waals surface area contributed by atoms with Gasteiger partial charge in [0, 0.05) is 0 Å². The molecular formula is C8H7F3N2O. The van der Waals surface area contributed by atoms with E-state index in [1.807, 2.05) is 0 Å². The Labute approximate surface area is 78.1 Å². The third-order valence-electron chi connectivity index (χ3n) is 1.54. The highest BCUT2D eigenvalue weighted by atomic mass is 19.4. The van der Waals surface area contributed by atoms with Gasteiger partial charge >= 0.3 is 0 Å². The summed E-state index contributed by atoms with van der Waals surface area (Å²) in [5, 5.41) is -1.23. The Hall–Kier alpha value is -1.56. The molecule has 0 aliphatic carbocycles. The van der Waals surface area contributed by atoms with Gasteiger partial charge in [0.2, 0.25) is 0 Å². The average Bonchev–Trinajstić information content (AvgIpc) is 2.18. The molecule has 0 saturated heterocycles. The highest BCUT2D eigenvalue weighted by molar-refractivity contribution is 5.77. The van der Waals surface area contributed by atoms with E-state index in [1.54, 1.807) is 30.3 Å². The van der Waals surface area contributed by atoms with Crippen molar-refractivity contribution in [3.63, 3.8) is 0 Å². The van der Waals surface area contributed by atoms with Crippen molar-refractivity contribution in [3.05, 3.63) is 35.9 Å². The van der Waals surface area contributed by atoms with Crippen molar-refractivity contribution in [2.45, 2.75) is 6.42 Å². The first-order chi connectivity index (χ1) is 6.61. The van der Waals surface area contributed by atoms with E-state index in [0.717, 1.165) is 0 Å². The number of rotatable bonds is 3. The molecule has 0 unspecified atom stereocenters. The topological polar surface area (TPSA) is 23.6 Å². The Balaban J connectivity index is 2.58. The van der Waals surface area contributed by atoms with Crippen LogP contribution in [0.4, 0.5) is 13.4 Å². The molecule has 0 spiro atoms. The SMILES string of the molecule is O=C(Cc1ccccc1)N(F)N(F)F. The van der Waals surface area contributed by atoms with E-state index in [0.29, 0.717) is 5.56 Å². The fourth-order valence-electron chi connectivity index (χ4n) is 0.920. The van der Waals surface area contributed by atoms with E-state index in [-0.39, 0.29) is 0 Å². The molecule has 0 N–H and O–H groups in total. The van der Waals surface area contributed by atoms with Crippen LogP contribution in [0.2, 0.25) is 0 Å². The van der Waals surface area contributed by atoms with Gasteiger partial charge in [-0.25, -0.2) is 0 Å². The number of hydrogen-bond donors (Lipinski definition) is 0. The first-order valence-electron chi connectivity index (χ1n) is 3.75. The fourth-order valence-corrected chi connectivity index (χ4v) is 0.920. The predicted molar refractivity (Wildman–Crippen MR) is 42.2 cm³/mol. The minimum atomic E-state index is -1.90. The maximum atomic E-state index is 12.3. The Morgan fingerprint density at radius 3 is 2.21 bits per heavy atom. The molecule has 0 heterocycles. The first kappa shape index (κ1) is 10.5. The number of hydrazine groups is 1. The van der Waals surface area contributed by atoms with Crippen molar-refractivity contribution >= 4 is 5.91 Å². The van der Waals surface area contributed by atoms with E-state index in [1.165, 1.54) is 0 Å². The Bertz CT molecular complexity index is 305. The van der Waals surface area contributed by atoms with Crippen molar-refractivity contribution in [2.24, 2.45) is 0 Å². The van der Waals surface area contributed by atoms with Crippen LogP contribution in [0.5, 0.6) is 0 Å². The normalized spacial score (nSPS) is 10.3. The molecule has 0 aliphatic heterocycles. The van der Waals surface area contributed by atoms with Crippen molar-refractivity contribution in [3.8, 4) is 0 Å². The van der Waals surface area contributed by atoms with Gasteiger partial charge in [0.25, 0.3) is 5.91 Å². The first-order valence-corrected chi connectivity index (χ1v) is 3.75. The lowest BCUT2D eigenvalue weighted by molar-refractivity contribution is -0.350. The summed E-state index contributed by atoms with van der Waals surface area (Å²) < 4.78 is 35.4. The molecule has 0 saturated carbocycles. The standard InChI is InChI=1S/C8H7F3N2O/c9-12(13(10)11)8(14)6-7-4-2-1-3-5-7/h1-5H,6H2. The number of hydrogen-bond acceptors (Lipinski definition) is 2. The lowest BCUT2D eigenvalue weighted by atomic mass is 10.1. The van der Waals surface area contributed by atoms with E-state index < -0.39 is 23.0 Å². The number of benzene rings is 1. The second-order valence-electron chi connectivity index (χ2n) is 2.53. The van der Waals surface area contributed by atoms with Crippen molar-refractivity contribution in [1.29, 1.82) is 0 Å². The van der Waals surface area contributed by atoms with Gasteiger partial charge in [-0.15, -0.1) is 0 Å². The number of halogens is 3. The summed E-state index contributed by atoms with van der Waals surface area (Å²) >= 11 is 0. The van der Waals surface area contributed by atoms with Crippen LogP contribution in [0.25, 0.3) is 0 Å². The minimum absolute atomic E-state index is 0.401. The Kier molecular flexibility index (Phi) is 3.47. The molecule has 1 amide bonds. The van der Waals surface area contributed by atoms with E-state index in [2.05, 4.69) is 0 Å². The second-order valence-corrected chi connectivity index (χ2v) is 2.53. The zero-order chi connectivity index (χ0) is 10.6. The van der Waals surface area contributed by atoms with Crippen molar-refractivity contribution in [1.82, 2.24) is 10.7 Å². The van der Waals surface area contributed by atoms with Gasteiger partial charge in [0.1, 0.15) is 0 Å². The van der Waals surface area contributed by atoms with Gasteiger partial charge in [-0.05, 0) is 10.8 Å². The fraction of sp³-hybridized carbons (Fsp3) is 0.125. The smallest absolute Gasteiger partial charge is 0.270 e. The third kappa shape index (κ3) is 2.74. The molecule has 0 bridgehead atoms. The summed E-state index contributed by atoms with van der Waals surface area (Å²) in [6.07, 6.45) is -0.401. The van der Waals surface area contributed by atoms with E-state index >= 15 is 0 Å². The quantitative estimate of drug-likeness (QED) is 0.554. The molecule has 1 aromatic carbocycles. The van der Waals surface area contributed by atoms with E-state index in [9.17, 15) is 18.2 Å². The maximum absolute atomic E-state index is 12.3. The summed E-state index contributed by atoms with van der Waals surface area (Å²) in [5.41, 5.74) is -1.42.